The number of sulfonamides is 1. The topological polar surface area (TPSA) is 75.3 Å². The lowest BCUT2D eigenvalue weighted by molar-refractivity contribution is 0.0956. The van der Waals surface area contributed by atoms with Crippen molar-refractivity contribution in [1.29, 1.82) is 0 Å². The molecule has 1 aromatic rings. The Labute approximate surface area is 118 Å². The molecule has 0 aliphatic rings. The Bertz CT molecular complexity index is 543. The molecular weight excluding hydrogens is 283 g/mol. The van der Waals surface area contributed by atoms with Gasteiger partial charge >= 0.3 is 0 Å². The predicted molar refractivity (Wildman–Crippen MR) is 75.4 cm³/mol. The maximum atomic E-state index is 12.7. The minimum Gasteiger partial charge on any atom is -0.351 e. The first-order chi connectivity index (χ1) is 9.34. The number of carbonyl (C=O) groups excluding carboxylic acids is 1. The van der Waals surface area contributed by atoms with E-state index in [1.54, 1.807) is 6.92 Å². The summed E-state index contributed by atoms with van der Waals surface area (Å²) in [6, 6.07) is 4.91. The van der Waals surface area contributed by atoms with Crippen LogP contribution in [0.25, 0.3) is 0 Å². The lowest BCUT2D eigenvalue weighted by atomic mass is 10.2. The van der Waals surface area contributed by atoms with Gasteiger partial charge in [-0.1, -0.05) is 6.92 Å². The standard InChI is InChI=1S/C13H19FN2O3S/c1-3-10(2)16-20(18,19)9-8-15-13(17)11-4-6-12(14)7-5-11/h4-7,10,16H,3,8-9H2,1-2H3,(H,15,17)/t10-/m1/s1. The Balaban J connectivity index is 2.44. The molecule has 0 aromatic heterocycles. The summed E-state index contributed by atoms with van der Waals surface area (Å²) in [5.74, 6) is -1.05. The number of hydrogen-bond acceptors (Lipinski definition) is 3. The molecule has 0 bridgehead atoms. The first-order valence-electron chi connectivity index (χ1n) is 6.38. The lowest BCUT2D eigenvalue weighted by Crippen LogP contribution is -2.38. The second-order valence-corrected chi connectivity index (χ2v) is 6.38. The van der Waals surface area contributed by atoms with Crippen molar-refractivity contribution >= 4 is 15.9 Å². The first-order valence-corrected chi connectivity index (χ1v) is 8.03. The van der Waals surface area contributed by atoms with Crippen molar-refractivity contribution < 1.29 is 17.6 Å². The maximum absolute atomic E-state index is 12.7. The number of halogens is 1. The summed E-state index contributed by atoms with van der Waals surface area (Å²) in [7, 11) is -3.40. The van der Waals surface area contributed by atoms with Gasteiger partial charge in [-0.15, -0.1) is 0 Å². The minimum atomic E-state index is -3.40. The van der Waals surface area contributed by atoms with Crippen molar-refractivity contribution in [3.8, 4) is 0 Å². The molecule has 1 rings (SSSR count). The molecule has 0 aliphatic carbocycles. The van der Waals surface area contributed by atoms with Gasteiger partial charge in [0, 0.05) is 18.2 Å². The van der Waals surface area contributed by atoms with E-state index in [0.717, 1.165) is 0 Å². The van der Waals surface area contributed by atoms with Crippen LogP contribution in [-0.2, 0) is 10.0 Å². The summed E-state index contributed by atoms with van der Waals surface area (Å²) < 4.78 is 38.5. The summed E-state index contributed by atoms with van der Waals surface area (Å²) in [4.78, 5) is 11.7. The van der Waals surface area contributed by atoms with Crippen molar-refractivity contribution in [2.45, 2.75) is 26.3 Å². The second-order valence-electron chi connectivity index (χ2n) is 4.51. The number of hydrogen-bond donors (Lipinski definition) is 2. The van der Waals surface area contributed by atoms with E-state index in [-0.39, 0.29) is 18.3 Å². The van der Waals surface area contributed by atoms with Crippen LogP contribution in [0, 0.1) is 5.82 Å². The Hall–Kier alpha value is -1.47. The van der Waals surface area contributed by atoms with Crippen LogP contribution in [-0.4, -0.2) is 32.7 Å². The van der Waals surface area contributed by atoms with Gasteiger partial charge in [0.25, 0.3) is 5.91 Å². The van der Waals surface area contributed by atoms with E-state index in [9.17, 15) is 17.6 Å². The van der Waals surface area contributed by atoms with Crippen LogP contribution in [0.4, 0.5) is 4.39 Å². The number of carbonyl (C=O) groups is 1. The van der Waals surface area contributed by atoms with E-state index < -0.39 is 21.7 Å². The van der Waals surface area contributed by atoms with E-state index in [2.05, 4.69) is 10.0 Å². The molecular formula is C13H19FN2O3S. The molecule has 1 aromatic carbocycles. The number of nitrogens with one attached hydrogen (secondary N) is 2. The highest BCUT2D eigenvalue weighted by Crippen LogP contribution is 2.02. The van der Waals surface area contributed by atoms with Gasteiger partial charge in [0.15, 0.2) is 0 Å². The summed E-state index contributed by atoms with van der Waals surface area (Å²) in [6.45, 7) is 3.65. The fraction of sp³-hybridized carbons (Fsp3) is 0.462. The third-order valence-electron chi connectivity index (χ3n) is 2.76. The number of amides is 1. The molecule has 0 fully saturated rings. The zero-order valence-electron chi connectivity index (χ0n) is 11.5. The highest BCUT2D eigenvalue weighted by molar-refractivity contribution is 7.89. The molecule has 112 valence electrons. The SMILES string of the molecule is CC[C@@H](C)NS(=O)(=O)CCNC(=O)c1ccc(F)cc1. The van der Waals surface area contributed by atoms with E-state index in [4.69, 9.17) is 0 Å². The van der Waals surface area contributed by atoms with Crippen molar-refractivity contribution in [2.75, 3.05) is 12.3 Å². The van der Waals surface area contributed by atoms with Crippen LogP contribution < -0.4 is 10.0 Å². The van der Waals surface area contributed by atoms with Crippen LogP contribution >= 0.6 is 0 Å². The molecule has 0 aliphatic heterocycles. The average Bonchev–Trinajstić information content (AvgIpc) is 2.38. The van der Waals surface area contributed by atoms with E-state index >= 15 is 0 Å². The number of rotatable bonds is 7. The summed E-state index contributed by atoms with van der Waals surface area (Å²) in [5, 5.41) is 2.49. The lowest BCUT2D eigenvalue weighted by Gasteiger charge is -2.12. The van der Waals surface area contributed by atoms with Crippen LogP contribution in [0.5, 0.6) is 0 Å². The van der Waals surface area contributed by atoms with E-state index in [1.165, 1.54) is 24.3 Å². The van der Waals surface area contributed by atoms with E-state index in [1.807, 2.05) is 6.92 Å². The van der Waals surface area contributed by atoms with Gasteiger partial charge in [0.05, 0.1) is 5.75 Å². The molecule has 0 radical (unpaired) electrons. The third kappa shape index (κ3) is 5.66. The molecule has 1 amide bonds. The largest absolute Gasteiger partial charge is 0.351 e. The number of benzene rings is 1. The van der Waals surface area contributed by atoms with Gasteiger partial charge in [-0.3, -0.25) is 4.79 Å². The molecule has 1 atom stereocenters. The van der Waals surface area contributed by atoms with Gasteiger partial charge in [0.2, 0.25) is 10.0 Å². The normalized spacial score (nSPS) is 12.9. The highest BCUT2D eigenvalue weighted by Gasteiger charge is 2.14. The molecule has 2 N–H and O–H groups in total. The Morgan fingerprint density at radius 3 is 2.45 bits per heavy atom. The Kier molecular flexibility index (Phi) is 6.09. The fourth-order valence-corrected chi connectivity index (χ4v) is 2.72. The molecule has 0 spiro atoms. The third-order valence-corrected chi connectivity index (χ3v) is 4.26. The van der Waals surface area contributed by atoms with Crippen molar-refractivity contribution in [2.24, 2.45) is 0 Å². The van der Waals surface area contributed by atoms with Crippen molar-refractivity contribution in [1.82, 2.24) is 10.0 Å². The van der Waals surface area contributed by atoms with Gasteiger partial charge in [-0.05, 0) is 37.6 Å². The van der Waals surface area contributed by atoms with Crippen LogP contribution in [0.1, 0.15) is 30.6 Å². The Morgan fingerprint density at radius 1 is 1.30 bits per heavy atom. The zero-order chi connectivity index (χ0) is 15.2. The quantitative estimate of drug-likeness (QED) is 0.796. The van der Waals surface area contributed by atoms with Crippen LogP contribution in [0.3, 0.4) is 0 Å². The first kappa shape index (κ1) is 16.6. The highest BCUT2D eigenvalue weighted by atomic mass is 32.2. The van der Waals surface area contributed by atoms with Crippen LogP contribution in [0.2, 0.25) is 0 Å². The smallest absolute Gasteiger partial charge is 0.251 e. The molecule has 0 heterocycles. The van der Waals surface area contributed by atoms with Gasteiger partial charge in [0.1, 0.15) is 5.82 Å². The monoisotopic (exact) mass is 302 g/mol. The van der Waals surface area contributed by atoms with Gasteiger partial charge in [-0.2, -0.15) is 0 Å². The molecule has 0 unspecified atom stereocenters. The van der Waals surface area contributed by atoms with Crippen molar-refractivity contribution in [3.05, 3.63) is 35.6 Å². The maximum Gasteiger partial charge on any atom is 0.251 e. The second kappa shape index (κ2) is 7.35. The van der Waals surface area contributed by atoms with Gasteiger partial charge in [-0.25, -0.2) is 17.5 Å². The minimum absolute atomic E-state index is 0.00196. The van der Waals surface area contributed by atoms with E-state index in [0.29, 0.717) is 12.0 Å². The summed E-state index contributed by atoms with van der Waals surface area (Å²) >= 11 is 0. The summed E-state index contributed by atoms with van der Waals surface area (Å²) in [5.41, 5.74) is 0.290. The molecule has 20 heavy (non-hydrogen) atoms. The molecule has 0 saturated heterocycles. The van der Waals surface area contributed by atoms with Gasteiger partial charge < -0.3 is 5.32 Å². The fourth-order valence-electron chi connectivity index (χ4n) is 1.45. The van der Waals surface area contributed by atoms with Crippen molar-refractivity contribution in [3.63, 3.8) is 0 Å². The average molecular weight is 302 g/mol. The predicted octanol–water partition coefficient (Wildman–Crippen LogP) is 1.27. The molecule has 5 nitrogen and oxygen atoms in total. The molecule has 0 saturated carbocycles. The molecule has 7 heteroatoms. The Morgan fingerprint density at radius 2 is 1.90 bits per heavy atom. The summed E-state index contributed by atoms with van der Waals surface area (Å²) in [6.07, 6.45) is 0.696. The zero-order valence-corrected chi connectivity index (χ0v) is 12.3. The van der Waals surface area contributed by atoms with Crippen LogP contribution in [0.15, 0.2) is 24.3 Å².